The zero-order valence-electron chi connectivity index (χ0n) is 13.4. The number of hydrogen-bond donors (Lipinski definition) is 1. The van der Waals surface area contributed by atoms with Gasteiger partial charge in [-0.25, -0.2) is 0 Å². The van der Waals surface area contributed by atoms with Crippen LogP contribution in [0.5, 0.6) is 0 Å². The highest BCUT2D eigenvalue weighted by molar-refractivity contribution is 5.88. The third-order valence-corrected chi connectivity index (χ3v) is 5.17. The molecule has 1 atom stereocenters. The molecule has 1 heterocycles. The number of rotatable bonds is 4. The fraction of sp³-hybridized carbons (Fsp3) is 0.875. The van der Waals surface area contributed by atoms with Crippen LogP contribution in [0.4, 0.5) is 0 Å². The molecule has 5 nitrogen and oxygen atoms in total. The van der Waals surface area contributed by atoms with Gasteiger partial charge in [-0.1, -0.05) is 19.3 Å². The summed E-state index contributed by atoms with van der Waals surface area (Å²) in [4.78, 5) is 28.3. The van der Waals surface area contributed by atoms with Crippen molar-refractivity contribution in [2.24, 2.45) is 11.1 Å². The highest BCUT2D eigenvalue weighted by Gasteiger charge is 2.39. The molecule has 0 aromatic carbocycles. The van der Waals surface area contributed by atoms with E-state index in [9.17, 15) is 9.59 Å². The average molecular weight is 295 g/mol. The van der Waals surface area contributed by atoms with E-state index in [-0.39, 0.29) is 23.3 Å². The molecule has 2 fully saturated rings. The van der Waals surface area contributed by atoms with Crippen molar-refractivity contribution in [3.05, 3.63) is 0 Å². The van der Waals surface area contributed by atoms with Gasteiger partial charge in [-0.15, -0.1) is 0 Å². The standard InChI is InChI=1S/C16H29N3O2/c1-18(2)15(21)13-7-6-10-19(13)14(20)11-16(12-17)8-4-3-5-9-16/h13H,3-12,17H2,1-2H3. The van der Waals surface area contributed by atoms with E-state index in [1.54, 1.807) is 23.9 Å². The monoisotopic (exact) mass is 295 g/mol. The molecule has 2 N–H and O–H groups in total. The van der Waals surface area contributed by atoms with Crippen LogP contribution in [0, 0.1) is 5.41 Å². The fourth-order valence-electron chi connectivity index (χ4n) is 3.80. The summed E-state index contributed by atoms with van der Waals surface area (Å²) in [5, 5.41) is 0. The summed E-state index contributed by atoms with van der Waals surface area (Å²) in [6.45, 7) is 1.29. The van der Waals surface area contributed by atoms with Crippen LogP contribution in [0.25, 0.3) is 0 Å². The van der Waals surface area contributed by atoms with Gasteiger partial charge in [0.1, 0.15) is 6.04 Å². The van der Waals surface area contributed by atoms with Crippen LogP contribution in [0.15, 0.2) is 0 Å². The Balaban J connectivity index is 2.03. The molecule has 1 saturated carbocycles. The number of amides is 2. The van der Waals surface area contributed by atoms with Gasteiger partial charge in [0.25, 0.3) is 0 Å². The Morgan fingerprint density at radius 3 is 2.43 bits per heavy atom. The lowest BCUT2D eigenvalue weighted by atomic mass is 9.71. The number of likely N-dealkylation sites (N-methyl/N-ethyl adjacent to an activating group) is 1. The van der Waals surface area contributed by atoms with E-state index >= 15 is 0 Å². The molecule has 1 aliphatic heterocycles. The van der Waals surface area contributed by atoms with Crippen molar-refractivity contribution in [1.82, 2.24) is 9.80 Å². The van der Waals surface area contributed by atoms with Gasteiger partial charge in [0.2, 0.25) is 11.8 Å². The Labute approximate surface area is 127 Å². The van der Waals surface area contributed by atoms with Gasteiger partial charge in [0.05, 0.1) is 0 Å². The molecule has 5 heteroatoms. The SMILES string of the molecule is CN(C)C(=O)C1CCCN1C(=O)CC1(CN)CCCCC1. The van der Waals surface area contributed by atoms with E-state index in [0.717, 1.165) is 25.7 Å². The Morgan fingerprint density at radius 2 is 1.86 bits per heavy atom. The third-order valence-electron chi connectivity index (χ3n) is 5.17. The molecule has 2 rings (SSSR count). The molecular weight excluding hydrogens is 266 g/mol. The second kappa shape index (κ2) is 6.77. The van der Waals surface area contributed by atoms with Crippen LogP contribution in [0.3, 0.4) is 0 Å². The number of likely N-dealkylation sites (tertiary alicyclic amines) is 1. The topological polar surface area (TPSA) is 66.6 Å². The van der Waals surface area contributed by atoms with Crippen LogP contribution < -0.4 is 5.73 Å². The van der Waals surface area contributed by atoms with Gasteiger partial charge in [-0.3, -0.25) is 9.59 Å². The van der Waals surface area contributed by atoms with Crippen molar-refractivity contribution >= 4 is 11.8 Å². The summed E-state index contributed by atoms with van der Waals surface area (Å²) in [5.74, 6) is 0.173. The Morgan fingerprint density at radius 1 is 1.19 bits per heavy atom. The van der Waals surface area contributed by atoms with Crippen LogP contribution in [0.2, 0.25) is 0 Å². The van der Waals surface area contributed by atoms with E-state index in [1.165, 1.54) is 19.3 Å². The van der Waals surface area contributed by atoms with E-state index < -0.39 is 0 Å². The molecular formula is C16H29N3O2. The van der Waals surface area contributed by atoms with Gasteiger partial charge in [-0.05, 0) is 37.6 Å². The zero-order valence-corrected chi connectivity index (χ0v) is 13.4. The van der Waals surface area contributed by atoms with Crippen molar-refractivity contribution in [1.29, 1.82) is 0 Å². The fourth-order valence-corrected chi connectivity index (χ4v) is 3.80. The molecule has 21 heavy (non-hydrogen) atoms. The van der Waals surface area contributed by atoms with Gasteiger partial charge in [0.15, 0.2) is 0 Å². The minimum Gasteiger partial charge on any atom is -0.347 e. The third kappa shape index (κ3) is 3.57. The highest BCUT2D eigenvalue weighted by Crippen LogP contribution is 2.39. The summed E-state index contributed by atoms with van der Waals surface area (Å²) in [6.07, 6.45) is 7.92. The number of hydrogen-bond acceptors (Lipinski definition) is 3. The lowest BCUT2D eigenvalue weighted by Gasteiger charge is -2.37. The van der Waals surface area contributed by atoms with Crippen molar-refractivity contribution < 1.29 is 9.59 Å². The van der Waals surface area contributed by atoms with Gasteiger partial charge >= 0.3 is 0 Å². The lowest BCUT2D eigenvalue weighted by Crippen LogP contribution is -2.47. The molecule has 0 aromatic heterocycles. The maximum absolute atomic E-state index is 12.7. The summed E-state index contributed by atoms with van der Waals surface area (Å²) in [6, 6.07) is -0.258. The zero-order chi connectivity index (χ0) is 15.5. The second-order valence-electron chi connectivity index (χ2n) is 6.92. The summed E-state index contributed by atoms with van der Waals surface area (Å²) in [5.41, 5.74) is 5.96. The van der Waals surface area contributed by atoms with Crippen LogP contribution in [-0.4, -0.2) is 54.8 Å². The first-order valence-corrected chi connectivity index (χ1v) is 8.20. The van der Waals surface area contributed by atoms with Crippen LogP contribution in [0.1, 0.15) is 51.4 Å². The molecule has 2 amide bonds. The van der Waals surface area contributed by atoms with Crippen molar-refractivity contribution in [2.75, 3.05) is 27.2 Å². The maximum Gasteiger partial charge on any atom is 0.244 e. The summed E-state index contributed by atoms with van der Waals surface area (Å²) in [7, 11) is 3.51. The van der Waals surface area contributed by atoms with Crippen molar-refractivity contribution in [3.63, 3.8) is 0 Å². The molecule has 0 bridgehead atoms. The molecule has 1 aliphatic carbocycles. The molecule has 120 valence electrons. The summed E-state index contributed by atoms with van der Waals surface area (Å²) < 4.78 is 0. The average Bonchev–Trinajstić information content (AvgIpc) is 2.96. The maximum atomic E-state index is 12.7. The van der Waals surface area contributed by atoms with Crippen molar-refractivity contribution in [3.8, 4) is 0 Å². The quantitative estimate of drug-likeness (QED) is 0.851. The molecule has 2 aliphatic rings. The molecule has 0 radical (unpaired) electrons. The van der Waals surface area contributed by atoms with Crippen molar-refractivity contribution in [2.45, 2.75) is 57.4 Å². The molecule has 1 unspecified atom stereocenters. The first-order valence-electron chi connectivity index (χ1n) is 8.20. The summed E-state index contributed by atoms with van der Waals surface area (Å²) >= 11 is 0. The lowest BCUT2D eigenvalue weighted by molar-refractivity contribution is -0.144. The number of carbonyl (C=O) groups is 2. The number of nitrogens with zero attached hydrogens (tertiary/aromatic N) is 2. The Kier molecular flexibility index (Phi) is 5.25. The number of nitrogens with two attached hydrogens (primary N) is 1. The van der Waals surface area contributed by atoms with E-state index in [4.69, 9.17) is 5.73 Å². The normalized spacial score (nSPS) is 24.9. The second-order valence-corrected chi connectivity index (χ2v) is 6.92. The molecule has 0 spiro atoms. The van der Waals surface area contributed by atoms with Gasteiger partial charge in [0, 0.05) is 27.1 Å². The Hall–Kier alpha value is -1.10. The molecule has 1 saturated heterocycles. The minimum absolute atomic E-state index is 0.0242. The molecule has 0 aromatic rings. The predicted octanol–water partition coefficient (Wildman–Crippen LogP) is 1.36. The van der Waals surface area contributed by atoms with Crippen LogP contribution >= 0.6 is 0 Å². The highest BCUT2D eigenvalue weighted by atomic mass is 16.2. The van der Waals surface area contributed by atoms with Gasteiger partial charge < -0.3 is 15.5 Å². The van der Waals surface area contributed by atoms with E-state index in [1.807, 2.05) is 0 Å². The largest absolute Gasteiger partial charge is 0.347 e. The minimum atomic E-state index is -0.258. The first kappa shape index (κ1) is 16.3. The number of carbonyl (C=O) groups excluding carboxylic acids is 2. The van der Waals surface area contributed by atoms with Crippen LogP contribution in [-0.2, 0) is 9.59 Å². The Bertz CT molecular complexity index is 389. The van der Waals surface area contributed by atoms with Gasteiger partial charge in [-0.2, -0.15) is 0 Å². The predicted molar refractivity (Wildman–Crippen MR) is 82.6 cm³/mol. The first-order chi connectivity index (χ1) is 9.99. The van der Waals surface area contributed by atoms with E-state index in [0.29, 0.717) is 19.5 Å². The van der Waals surface area contributed by atoms with E-state index in [2.05, 4.69) is 0 Å². The smallest absolute Gasteiger partial charge is 0.244 e.